The van der Waals surface area contributed by atoms with Crippen LogP contribution in [0.15, 0.2) is 47.6 Å². The fourth-order valence-electron chi connectivity index (χ4n) is 3.85. The highest BCUT2D eigenvalue weighted by Crippen LogP contribution is 2.50. The number of alkyl halides is 3. The van der Waals surface area contributed by atoms with Crippen molar-refractivity contribution in [2.45, 2.75) is 43.5 Å². The zero-order valence-electron chi connectivity index (χ0n) is 16.6. The van der Waals surface area contributed by atoms with Crippen LogP contribution in [-0.2, 0) is 15.2 Å². The third-order valence-corrected chi connectivity index (χ3v) is 6.63. The van der Waals surface area contributed by atoms with Gasteiger partial charge in [0.2, 0.25) is 5.91 Å². The highest BCUT2D eigenvalue weighted by Gasteiger charge is 2.63. The second kappa shape index (κ2) is 8.76. The Bertz CT molecular complexity index is 1050. The smallest absolute Gasteiger partial charge is 0.374 e. The van der Waals surface area contributed by atoms with E-state index in [9.17, 15) is 18.0 Å². The molecular weight excluding hydrogens is 488 g/mol. The predicted octanol–water partition coefficient (Wildman–Crippen LogP) is 6.84. The molecule has 170 valence electrons. The van der Waals surface area contributed by atoms with E-state index in [1.807, 2.05) is 0 Å². The molecule has 0 aromatic heterocycles. The van der Waals surface area contributed by atoms with E-state index < -0.39 is 24.2 Å². The number of amides is 1. The van der Waals surface area contributed by atoms with Crippen molar-refractivity contribution in [1.29, 1.82) is 0 Å². The first-order chi connectivity index (χ1) is 15.1. The van der Waals surface area contributed by atoms with E-state index in [0.29, 0.717) is 10.6 Å². The Kier molecular flexibility index (Phi) is 6.36. The van der Waals surface area contributed by atoms with Crippen LogP contribution in [0.25, 0.3) is 0 Å². The summed E-state index contributed by atoms with van der Waals surface area (Å²) in [4.78, 5) is 17.8. The average Bonchev–Trinajstić information content (AvgIpc) is 3.11. The van der Waals surface area contributed by atoms with Crippen molar-refractivity contribution in [2.75, 3.05) is 0 Å². The first-order valence-corrected chi connectivity index (χ1v) is 11.1. The molecule has 1 aliphatic heterocycles. The number of nitrogens with one attached hydrogen (secondary N) is 1. The molecule has 1 saturated carbocycles. The second-order valence-electron chi connectivity index (χ2n) is 7.92. The van der Waals surface area contributed by atoms with Crippen LogP contribution in [0.1, 0.15) is 42.9 Å². The number of oxime groups is 1. The maximum Gasteiger partial charge on any atom is 0.435 e. The molecule has 0 saturated heterocycles. The molecule has 2 aliphatic rings. The zero-order chi connectivity index (χ0) is 23.1. The van der Waals surface area contributed by atoms with E-state index >= 15 is 0 Å². The Labute approximate surface area is 197 Å². The van der Waals surface area contributed by atoms with Crippen LogP contribution in [0.4, 0.5) is 13.2 Å². The van der Waals surface area contributed by atoms with E-state index in [4.69, 9.17) is 39.6 Å². The van der Waals surface area contributed by atoms with Crippen molar-refractivity contribution in [3.05, 3.63) is 68.7 Å². The van der Waals surface area contributed by atoms with Crippen molar-refractivity contribution < 1.29 is 22.8 Å². The molecule has 1 aliphatic carbocycles. The van der Waals surface area contributed by atoms with Gasteiger partial charge in [-0.05, 0) is 42.7 Å². The number of hydrogen-bond acceptors (Lipinski definition) is 3. The third kappa shape index (κ3) is 4.30. The van der Waals surface area contributed by atoms with Gasteiger partial charge in [0.15, 0.2) is 0 Å². The number of rotatable bonds is 5. The molecule has 0 radical (unpaired) electrons. The van der Waals surface area contributed by atoms with Crippen molar-refractivity contribution in [1.82, 2.24) is 5.32 Å². The van der Waals surface area contributed by atoms with Gasteiger partial charge in [0, 0.05) is 33.0 Å². The van der Waals surface area contributed by atoms with Gasteiger partial charge in [0.1, 0.15) is 0 Å². The van der Waals surface area contributed by atoms with Crippen molar-refractivity contribution in [2.24, 2.45) is 11.1 Å². The van der Waals surface area contributed by atoms with Gasteiger partial charge in [-0.1, -0.05) is 64.6 Å². The maximum atomic E-state index is 14.3. The van der Waals surface area contributed by atoms with Gasteiger partial charge in [-0.15, -0.1) is 0 Å². The van der Waals surface area contributed by atoms with Gasteiger partial charge in [-0.3, -0.25) is 4.79 Å². The molecular formula is C22H18Cl3F3N2O2. The minimum absolute atomic E-state index is 0.000744. The van der Waals surface area contributed by atoms with Gasteiger partial charge >= 0.3 is 6.18 Å². The first kappa shape index (κ1) is 23.2. The highest BCUT2D eigenvalue weighted by molar-refractivity contribution is 6.34. The molecule has 1 heterocycles. The van der Waals surface area contributed by atoms with E-state index in [1.165, 1.54) is 6.07 Å². The Morgan fingerprint density at radius 2 is 1.78 bits per heavy atom. The summed E-state index contributed by atoms with van der Waals surface area (Å²) in [6, 6.07) is 9.28. The lowest BCUT2D eigenvalue weighted by atomic mass is 9.83. The highest BCUT2D eigenvalue weighted by atomic mass is 35.5. The molecule has 4 rings (SSSR count). The predicted molar refractivity (Wildman–Crippen MR) is 117 cm³/mol. The topological polar surface area (TPSA) is 50.7 Å². The van der Waals surface area contributed by atoms with E-state index in [2.05, 4.69) is 10.5 Å². The van der Waals surface area contributed by atoms with E-state index in [-0.39, 0.29) is 33.1 Å². The lowest BCUT2D eigenvalue weighted by Gasteiger charge is -2.31. The van der Waals surface area contributed by atoms with E-state index in [0.717, 1.165) is 31.4 Å². The minimum atomic E-state index is -4.84. The number of carbonyl (C=O) groups excluding carboxylic acids is 1. The van der Waals surface area contributed by atoms with Crippen LogP contribution in [-0.4, -0.2) is 17.8 Å². The Morgan fingerprint density at radius 3 is 2.34 bits per heavy atom. The normalized spacial score (nSPS) is 22.0. The second-order valence-corrected chi connectivity index (χ2v) is 9.20. The molecule has 2 aromatic rings. The standard InChI is InChI=1S/C22H18Cl3F3N2O2/c23-14-8-13(9-15(24)10-14)21(22(26,27)28)11-18(30-32-21)19(16-6-1-2-7-17(16)25)29-20(31)12-4-3-5-12/h1-2,6-10,12,19H,3-5,11H2,(H,29,31). The average molecular weight is 506 g/mol. The van der Waals surface area contributed by atoms with Crippen LogP contribution in [0, 0.1) is 5.92 Å². The molecule has 0 spiro atoms. The molecule has 10 heteroatoms. The molecule has 2 atom stereocenters. The summed E-state index contributed by atoms with van der Waals surface area (Å²) in [5.74, 6) is -0.429. The Hall–Kier alpha value is -1.96. The summed E-state index contributed by atoms with van der Waals surface area (Å²) in [5, 5.41) is 7.00. The van der Waals surface area contributed by atoms with Crippen molar-refractivity contribution >= 4 is 46.4 Å². The molecule has 4 nitrogen and oxygen atoms in total. The summed E-state index contributed by atoms with van der Waals surface area (Å²) < 4.78 is 43.0. The fourth-order valence-corrected chi connectivity index (χ4v) is 4.62. The van der Waals surface area contributed by atoms with Gasteiger partial charge in [-0.25, -0.2) is 0 Å². The molecule has 1 N–H and O–H groups in total. The lowest BCUT2D eigenvalue weighted by Crippen LogP contribution is -2.45. The molecule has 32 heavy (non-hydrogen) atoms. The third-order valence-electron chi connectivity index (χ3n) is 5.85. The largest absolute Gasteiger partial charge is 0.435 e. The van der Waals surface area contributed by atoms with Crippen LogP contribution in [0.5, 0.6) is 0 Å². The van der Waals surface area contributed by atoms with E-state index in [1.54, 1.807) is 24.3 Å². The van der Waals surface area contributed by atoms with Gasteiger partial charge in [0.25, 0.3) is 5.60 Å². The van der Waals surface area contributed by atoms with Gasteiger partial charge < -0.3 is 10.2 Å². The minimum Gasteiger partial charge on any atom is -0.374 e. The number of hydrogen-bond donors (Lipinski definition) is 1. The molecule has 0 bridgehead atoms. The Morgan fingerprint density at radius 1 is 1.12 bits per heavy atom. The summed E-state index contributed by atoms with van der Waals surface area (Å²) in [5.41, 5.74) is -2.63. The quantitative estimate of drug-likeness (QED) is 0.484. The van der Waals surface area contributed by atoms with Crippen molar-refractivity contribution in [3.8, 4) is 0 Å². The summed E-state index contributed by atoms with van der Waals surface area (Å²) >= 11 is 18.2. The summed E-state index contributed by atoms with van der Waals surface area (Å²) in [6.45, 7) is 0. The number of benzene rings is 2. The fraction of sp³-hybridized carbons (Fsp3) is 0.364. The zero-order valence-corrected chi connectivity index (χ0v) is 18.8. The van der Waals surface area contributed by atoms with Crippen LogP contribution in [0.3, 0.4) is 0 Å². The van der Waals surface area contributed by atoms with Crippen molar-refractivity contribution in [3.63, 3.8) is 0 Å². The molecule has 1 fully saturated rings. The first-order valence-electron chi connectivity index (χ1n) is 9.94. The lowest BCUT2D eigenvalue weighted by molar-refractivity contribution is -0.275. The molecule has 2 aromatic carbocycles. The van der Waals surface area contributed by atoms with Gasteiger partial charge in [0.05, 0.1) is 11.8 Å². The number of nitrogens with zero attached hydrogens (tertiary/aromatic N) is 1. The summed E-state index contributed by atoms with van der Waals surface area (Å²) in [6.07, 6.45) is -3.09. The van der Waals surface area contributed by atoms with Crippen LogP contribution >= 0.6 is 34.8 Å². The SMILES string of the molecule is O=C(NC(C1=NOC(c2cc(Cl)cc(Cl)c2)(C(F)(F)F)C1)c1ccccc1Cl)C1CCC1. The summed E-state index contributed by atoms with van der Waals surface area (Å²) in [7, 11) is 0. The molecule has 1 amide bonds. The number of halogens is 6. The monoisotopic (exact) mass is 504 g/mol. The maximum absolute atomic E-state index is 14.3. The van der Waals surface area contributed by atoms with Gasteiger partial charge in [-0.2, -0.15) is 13.2 Å². The van der Waals surface area contributed by atoms with Crippen LogP contribution in [0.2, 0.25) is 15.1 Å². The molecule has 2 unspecified atom stereocenters. The number of carbonyl (C=O) groups is 1. The Balaban J connectivity index is 1.72. The van der Waals surface area contributed by atoms with Crippen LogP contribution < -0.4 is 5.32 Å².